The minimum atomic E-state index is -1.44. The van der Waals surface area contributed by atoms with Crippen molar-refractivity contribution in [1.29, 1.82) is 0 Å². The molecule has 0 heterocycles. The van der Waals surface area contributed by atoms with Crippen molar-refractivity contribution < 1.29 is 105 Å². The zero-order chi connectivity index (χ0) is 21.4. The molecule has 0 saturated carbocycles. The van der Waals surface area contributed by atoms with Gasteiger partial charge in [-0.15, -0.1) is 0 Å². The Balaban J connectivity index is -0.0000000364. The zero-order valence-corrected chi connectivity index (χ0v) is 16.9. The molecule has 27 heavy (non-hydrogen) atoms. The molecule has 0 radical (unpaired) electrons. The van der Waals surface area contributed by atoms with Gasteiger partial charge in [-0.1, -0.05) is 0 Å². The Labute approximate surface area is 178 Å². The fraction of sp³-hybridized carbons (Fsp3) is 0.500. The van der Waals surface area contributed by atoms with Gasteiger partial charge in [0.15, 0.2) is 0 Å². The van der Waals surface area contributed by atoms with E-state index in [2.05, 4.69) is 0 Å². The molecule has 0 fully saturated rings. The van der Waals surface area contributed by atoms with E-state index in [-0.39, 0.29) is 40.5 Å². The number of carbonyl (C=O) groups excluding carboxylic acids is 5. The SMILES string of the molecule is O=C([O-])CO.O=C([O-])CO.O=C([O-])CO.O=C([O-])CO.O=C([O-])CO.[Na+].[Si+4]. The molecule has 0 atom stereocenters. The van der Waals surface area contributed by atoms with Crippen LogP contribution in [0.25, 0.3) is 0 Å². The van der Waals surface area contributed by atoms with Crippen LogP contribution in [0, 0.1) is 0 Å². The number of rotatable bonds is 5. The van der Waals surface area contributed by atoms with Gasteiger partial charge in [0.25, 0.3) is 0 Å². The molecule has 0 bridgehead atoms. The molecule has 0 rings (SSSR count). The van der Waals surface area contributed by atoms with Crippen molar-refractivity contribution in [3.05, 3.63) is 0 Å². The van der Waals surface area contributed by atoms with E-state index in [4.69, 9.17) is 75.0 Å². The van der Waals surface area contributed by atoms with Crippen LogP contribution in [0.1, 0.15) is 0 Å². The molecule has 0 spiro atoms. The van der Waals surface area contributed by atoms with E-state index < -0.39 is 62.9 Å². The quantitative estimate of drug-likeness (QED) is 0.255. The molecule has 0 aliphatic carbocycles. The van der Waals surface area contributed by atoms with Gasteiger partial charge in [-0.2, -0.15) is 0 Å². The predicted octanol–water partition coefficient (Wildman–Crippen LogP) is -14.7. The standard InChI is InChI=1S/5C2H4O3.Na.Si/c5*3-1-2(4)5;;/h5*3H,1H2,(H,4,5);;/q;;;;;+1;+4/p-5. The molecule has 0 aliphatic heterocycles. The van der Waals surface area contributed by atoms with Crippen molar-refractivity contribution in [2.24, 2.45) is 0 Å². The van der Waals surface area contributed by atoms with E-state index in [0.717, 1.165) is 0 Å². The Morgan fingerprint density at radius 1 is 0.444 bits per heavy atom. The number of hydrogen-bond acceptors (Lipinski definition) is 15. The second-order valence-electron chi connectivity index (χ2n) is 2.65. The maximum absolute atomic E-state index is 9.01. The van der Waals surface area contributed by atoms with Crippen LogP contribution in [-0.2, 0) is 24.0 Å². The van der Waals surface area contributed by atoms with Gasteiger partial charge >= 0.3 is 40.5 Å². The molecule has 17 heteroatoms. The summed E-state index contributed by atoms with van der Waals surface area (Å²) in [5.74, 6) is -7.20. The first-order valence-electron chi connectivity index (χ1n) is 5.39. The Kier molecular flexibility index (Phi) is 65.2. The maximum Gasteiger partial charge on any atom is 4.00 e. The van der Waals surface area contributed by atoms with Crippen molar-refractivity contribution in [2.45, 2.75) is 0 Å². The first-order chi connectivity index (χ1) is 11.4. The number of carboxylic acid groups (broad SMARTS) is 5. The van der Waals surface area contributed by atoms with Crippen LogP contribution in [0.4, 0.5) is 0 Å². The van der Waals surface area contributed by atoms with Crippen molar-refractivity contribution in [3.63, 3.8) is 0 Å². The van der Waals surface area contributed by atoms with Crippen LogP contribution in [-0.4, -0.2) is 99.4 Å². The number of aliphatic hydroxyl groups excluding tert-OH is 5. The molecule has 0 aromatic heterocycles. The van der Waals surface area contributed by atoms with Crippen LogP contribution in [0.5, 0.6) is 0 Å². The van der Waals surface area contributed by atoms with E-state index in [1.807, 2.05) is 0 Å². The molecule has 0 aromatic rings. The summed E-state index contributed by atoms with van der Waals surface area (Å²) in [6.45, 7) is -4.44. The van der Waals surface area contributed by atoms with E-state index in [9.17, 15) is 0 Å². The number of carbonyl (C=O) groups is 5. The largest absolute Gasteiger partial charge is 4.00 e. The number of aliphatic carboxylic acids is 5. The first kappa shape index (κ1) is 44.6. The van der Waals surface area contributed by atoms with Crippen molar-refractivity contribution in [1.82, 2.24) is 0 Å². The van der Waals surface area contributed by atoms with Gasteiger partial charge in [0.1, 0.15) is 0 Å². The summed E-state index contributed by atoms with van der Waals surface area (Å²) in [5.41, 5.74) is 0. The Hall–Kier alpha value is -1.63. The van der Waals surface area contributed by atoms with Gasteiger partial charge in [-0.3, -0.25) is 0 Å². The summed E-state index contributed by atoms with van der Waals surface area (Å²) in [5, 5.41) is 82.4. The smallest absolute Gasteiger partial charge is 0.548 e. The molecule has 0 aliphatic rings. The van der Waals surface area contributed by atoms with Gasteiger partial charge in [0.05, 0.1) is 62.9 Å². The van der Waals surface area contributed by atoms with Crippen LogP contribution < -0.4 is 55.1 Å². The predicted molar refractivity (Wildman–Crippen MR) is 66.2 cm³/mol. The first-order valence-corrected chi connectivity index (χ1v) is 5.39. The molecular weight excluding hydrogens is 411 g/mol. The second kappa shape index (κ2) is 39.4. The van der Waals surface area contributed by atoms with Gasteiger partial charge in [-0.25, -0.2) is 0 Å². The number of aliphatic hydroxyl groups is 5. The Morgan fingerprint density at radius 3 is 0.481 bits per heavy atom. The fourth-order valence-corrected chi connectivity index (χ4v) is 0. The summed E-state index contributed by atoms with van der Waals surface area (Å²) in [6, 6.07) is 0. The third-order valence-corrected chi connectivity index (χ3v) is 0.645. The topological polar surface area (TPSA) is 302 Å². The minimum absolute atomic E-state index is 0. The van der Waals surface area contributed by atoms with Crippen molar-refractivity contribution >= 4 is 40.8 Å². The van der Waals surface area contributed by atoms with E-state index in [1.165, 1.54) is 0 Å². The minimum Gasteiger partial charge on any atom is -0.548 e. The van der Waals surface area contributed by atoms with E-state index in [0.29, 0.717) is 0 Å². The van der Waals surface area contributed by atoms with Crippen molar-refractivity contribution in [2.75, 3.05) is 33.0 Å². The third-order valence-electron chi connectivity index (χ3n) is 0.645. The van der Waals surface area contributed by atoms with Gasteiger partial charge in [0, 0.05) is 0 Å². The van der Waals surface area contributed by atoms with Gasteiger partial charge < -0.3 is 75.0 Å². The van der Waals surface area contributed by atoms with E-state index in [1.54, 1.807) is 0 Å². The van der Waals surface area contributed by atoms with Crippen LogP contribution in [0.3, 0.4) is 0 Å². The molecular formula is C10H15NaO15Si. The summed E-state index contributed by atoms with van der Waals surface area (Å²) in [7, 11) is 0. The zero-order valence-electron chi connectivity index (χ0n) is 13.9. The van der Waals surface area contributed by atoms with Gasteiger partial charge in [-0.05, 0) is 0 Å². The monoisotopic (exact) mass is 426 g/mol. The number of carboxylic acids is 5. The van der Waals surface area contributed by atoms with Crippen LogP contribution >= 0.6 is 0 Å². The Morgan fingerprint density at radius 2 is 0.481 bits per heavy atom. The summed E-state index contributed by atoms with van der Waals surface area (Å²) < 4.78 is 0. The summed E-state index contributed by atoms with van der Waals surface area (Å²) in [4.78, 5) is 45.0. The average Bonchev–Trinajstić information content (AvgIpc) is 2.56. The molecule has 5 N–H and O–H groups in total. The molecule has 150 valence electrons. The van der Waals surface area contributed by atoms with Crippen LogP contribution in [0.15, 0.2) is 0 Å². The summed E-state index contributed by atoms with van der Waals surface area (Å²) in [6.07, 6.45) is 0. The molecule has 0 unspecified atom stereocenters. The molecule has 15 nitrogen and oxygen atoms in total. The fourth-order valence-electron chi connectivity index (χ4n) is 0. The summed E-state index contributed by atoms with van der Waals surface area (Å²) >= 11 is 0. The number of hydrogen-bond donors (Lipinski definition) is 5. The second-order valence-corrected chi connectivity index (χ2v) is 2.65. The molecule has 0 saturated heterocycles. The molecule has 0 aromatic carbocycles. The maximum atomic E-state index is 9.01. The molecule has 0 amide bonds. The Bertz CT molecular complexity index is 294. The van der Waals surface area contributed by atoms with Crippen molar-refractivity contribution in [3.8, 4) is 0 Å². The van der Waals surface area contributed by atoms with Crippen LogP contribution in [0.2, 0.25) is 0 Å². The van der Waals surface area contributed by atoms with E-state index >= 15 is 0 Å². The normalized spacial score (nSPS) is 6.85. The average molecular weight is 426 g/mol. The third kappa shape index (κ3) is 174. The van der Waals surface area contributed by atoms with Gasteiger partial charge in [0.2, 0.25) is 0 Å².